The van der Waals surface area contributed by atoms with Gasteiger partial charge in [-0.2, -0.15) is 5.10 Å². The number of piperidine rings is 2. The van der Waals surface area contributed by atoms with Crippen molar-refractivity contribution < 1.29 is 23.7 Å². The highest BCUT2D eigenvalue weighted by Crippen LogP contribution is 2.38. The summed E-state index contributed by atoms with van der Waals surface area (Å²) in [5.74, 6) is 1.47. The van der Waals surface area contributed by atoms with Crippen LogP contribution >= 0.6 is 0 Å². The Kier molecular flexibility index (Phi) is 9.28. The largest absolute Gasteiger partial charge is 0.467 e. The maximum atomic E-state index is 13.0. The number of ether oxygens (including phenoxy) is 4. The van der Waals surface area contributed by atoms with Gasteiger partial charge in [-0.3, -0.25) is 0 Å². The van der Waals surface area contributed by atoms with Crippen LogP contribution in [0.15, 0.2) is 42.7 Å². The number of methoxy groups -OCH3 is 1. The lowest BCUT2D eigenvalue weighted by atomic mass is 9.81. The topological polar surface area (TPSA) is 104 Å². The molecule has 5 heterocycles. The van der Waals surface area contributed by atoms with Gasteiger partial charge in [-0.1, -0.05) is 6.07 Å². The molecular weight excluding hydrogens is 572 g/mol. The second-order valence-electron chi connectivity index (χ2n) is 13.4. The third-order valence-corrected chi connectivity index (χ3v) is 9.09. The summed E-state index contributed by atoms with van der Waals surface area (Å²) in [4.78, 5) is 17.3. The minimum Gasteiger partial charge on any atom is -0.467 e. The molecule has 2 aromatic heterocycles. The first-order valence-corrected chi connectivity index (χ1v) is 16.2. The molecule has 1 aromatic carbocycles. The number of anilines is 1. The number of fused-ring (bicyclic) bond motifs is 2. The minimum absolute atomic E-state index is 0.0139. The zero-order chi connectivity index (χ0) is 31.6. The maximum Gasteiger partial charge on any atom is 0.410 e. The number of nitrogens with zero attached hydrogens (tertiary/aromatic N) is 6. The number of benzene rings is 1. The smallest absolute Gasteiger partial charge is 0.410 e. The lowest BCUT2D eigenvalue weighted by Crippen LogP contribution is -2.59. The number of hydrogen-bond acceptors (Lipinski definition) is 9. The number of carbonyl (C=O) groups is 1. The van der Waals surface area contributed by atoms with Crippen LogP contribution in [0.25, 0.3) is 22.4 Å². The Hall–Kier alpha value is -3.70. The first kappa shape index (κ1) is 31.3. The first-order valence-electron chi connectivity index (χ1n) is 16.2. The predicted octanol–water partition coefficient (Wildman–Crippen LogP) is 6.45. The number of hydrogen-bond donors (Lipinski definition) is 0. The van der Waals surface area contributed by atoms with Crippen molar-refractivity contribution in [3.63, 3.8) is 0 Å². The quantitative estimate of drug-likeness (QED) is 0.264. The van der Waals surface area contributed by atoms with E-state index in [1.54, 1.807) is 7.11 Å². The van der Waals surface area contributed by atoms with E-state index in [9.17, 15) is 4.79 Å². The third kappa shape index (κ3) is 7.09. The van der Waals surface area contributed by atoms with Gasteiger partial charge in [0.15, 0.2) is 12.6 Å². The van der Waals surface area contributed by atoms with Crippen molar-refractivity contribution in [1.82, 2.24) is 24.9 Å². The number of carbonyl (C=O) groups excluding carboxylic acids is 1. The van der Waals surface area contributed by atoms with Gasteiger partial charge < -0.3 is 28.7 Å². The first-order chi connectivity index (χ1) is 21.7. The van der Waals surface area contributed by atoms with E-state index in [-0.39, 0.29) is 37.2 Å². The molecule has 0 spiro atoms. The Bertz CT molecular complexity index is 1430. The Morgan fingerprint density at radius 3 is 2.49 bits per heavy atom. The van der Waals surface area contributed by atoms with Crippen LogP contribution in [0.3, 0.4) is 0 Å². The molecule has 0 radical (unpaired) electrons. The van der Waals surface area contributed by atoms with Crippen LogP contribution in [0.5, 0.6) is 5.75 Å². The zero-order valence-electron chi connectivity index (χ0n) is 27.1. The van der Waals surface area contributed by atoms with Crippen LogP contribution in [-0.4, -0.2) is 82.3 Å². The summed E-state index contributed by atoms with van der Waals surface area (Å²) in [6.45, 7) is 6.66. The fraction of sp³-hybridized carbons (Fsp3) is 0.588. The molecule has 3 aromatic rings. The van der Waals surface area contributed by atoms with Gasteiger partial charge >= 0.3 is 6.09 Å². The molecule has 3 aliphatic rings. The van der Waals surface area contributed by atoms with Gasteiger partial charge in [0.05, 0.1) is 11.9 Å². The van der Waals surface area contributed by atoms with Gasteiger partial charge in [0.2, 0.25) is 0 Å². The van der Waals surface area contributed by atoms with E-state index in [4.69, 9.17) is 18.9 Å². The Morgan fingerprint density at radius 1 is 1.02 bits per heavy atom. The summed E-state index contributed by atoms with van der Waals surface area (Å²) in [6.07, 6.45) is 11.8. The number of amides is 1. The van der Waals surface area contributed by atoms with Crippen LogP contribution < -0.4 is 9.64 Å². The fourth-order valence-electron chi connectivity index (χ4n) is 6.86. The normalized spacial score (nSPS) is 23.4. The van der Waals surface area contributed by atoms with Gasteiger partial charge in [-0.25, -0.2) is 9.48 Å². The molecule has 45 heavy (non-hydrogen) atoms. The van der Waals surface area contributed by atoms with Crippen LogP contribution in [0.4, 0.5) is 10.6 Å². The van der Waals surface area contributed by atoms with Crippen LogP contribution in [0.1, 0.15) is 78.4 Å². The summed E-state index contributed by atoms with van der Waals surface area (Å²) < 4.78 is 24.8. The third-order valence-electron chi connectivity index (χ3n) is 9.09. The van der Waals surface area contributed by atoms with Gasteiger partial charge in [0.1, 0.15) is 17.6 Å². The van der Waals surface area contributed by atoms with Crippen LogP contribution in [0.2, 0.25) is 0 Å². The summed E-state index contributed by atoms with van der Waals surface area (Å²) >= 11 is 0. The average molecular weight is 619 g/mol. The van der Waals surface area contributed by atoms with E-state index >= 15 is 0 Å². The zero-order valence-corrected chi connectivity index (χ0v) is 27.1. The predicted molar refractivity (Wildman–Crippen MR) is 171 cm³/mol. The summed E-state index contributed by atoms with van der Waals surface area (Å²) in [6, 6.07) is 10.7. The lowest BCUT2D eigenvalue weighted by Gasteiger charge is -2.50. The van der Waals surface area contributed by atoms with Crippen LogP contribution in [-0.2, 0) is 14.2 Å². The monoisotopic (exact) mass is 618 g/mol. The van der Waals surface area contributed by atoms with Gasteiger partial charge in [-0.05, 0) is 102 Å². The van der Waals surface area contributed by atoms with Crippen molar-refractivity contribution in [3.05, 3.63) is 42.7 Å². The number of rotatable bonds is 8. The maximum absolute atomic E-state index is 13.0. The SMILES string of the molecule is COCOc1cc(-c2cnn(C3CCCCO3)c2)ccc1-c1ccc(N(C)[C@@H]2C[C@H]3CCC[C@@H](C2)N3C(=O)OC(C)(C)C)nn1. The highest BCUT2D eigenvalue weighted by Gasteiger charge is 2.43. The second kappa shape index (κ2) is 13.3. The van der Waals surface area contributed by atoms with E-state index < -0.39 is 5.60 Å². The molecule has 11 nitrogen and oxygen atoms in total. The molecule has 11 heteroatoms. The van der Waals surface area contributed by atoms with Gasteiger partial charge in [0.25, 0.3) is 0 Å². The molecule has 2 bridgehead atoms. The Morgan fingerprint density at radius 2 is 1.82 bits per heavy atom. The van der Waals surface area contributed by atoms with E-state index in [1.807, 2.05) is 67.0 Å². The molecule has 6 rings (SSSR count). The Labute approximate surface area is 265 Å². The molecule has 4 atom stereocenters. The van der Waals surface area contributed by atoms with E-state index in [0.29, 0.717) is 11.4 Å². The highest BCUT2D eigenvalue weighted by atomic mass is 16.7. The van der Waals surface area contributed by atoms with Crippen molar-refractivity contribution in [1.29, 1.82) is 0 Å². The van der Waals surface area contributed by atoms with Gasteiger partial charge in [0, 0.05) is 56.2 Å². The highest BCUT2D eigenvalue weighted by molar-refractivity contribution is 5.74. The minimum atomic E-state index is -0.502. The Balaban J connectivity index is 1.17. The van der Waals surface area contributed by atoms with Crippen molar-refractivity contribution in [2.75, 3.05) is 32.5 Å². The molecular formula is C34H46N6O5. The molecule has 0 aliphatic carbocycles. The van der Waals surface area contributed by atoms with E-state index in [0.717, 1.165) is 80.5 Å². The van der Waals surface area contributed by atoms with E-state index in [2.05, 4.69) is 33.3 Å². The molecule has 242 valence electrons. The molecule has 3 saturated heterocycles. The summed E-state index contributed by atoms with van der Waals surface area (Å²) in [5, 5.41) is 13.8. The van der Waals surface area contributed by atoms with Gasteiger partial charge in [-0.15, -0.1) is 10.2 Å². The van der Waals surface area contributed by atoms with Crippen molar-refractivity contribution >= 4 is 11.9 Å². The number of aromatic nitrogens is 4. The lowest BCUT2D eigenvalue weighted by molar-refractivity contribution is -0.0394. The molecule has 1 amide bonds. The fourth-order valence-corrected chi connectivity index (χ4v) is 6.86. The van der Waals surface area contributed by atoms with Crippen molar-refractivity contribution in [3.8, 4) is 28.1 Å². The second-order valence-corrected chi connectivity index (χ2v) is 13.4. The molecule has 0 N–H and O–H groups in total. The van der Waals surface area contributed by atoms with Crippen LogP contribution in [0, 0.1) is 0 Å². The molecule has 3 fully saturated rings. The summed E-state index contributed by atoms with van der Waals surface area (Å²) in [7, 11) is 3.68. The summed E-state index contributed by atoms with van der Waals surface area (Å²) in [5.41, 5.74) is 3.02. The standard InChI is InChI=1S/C34H46N6O5/c1-34(2,3)45-33(41)40-25-9-8-10-26(40)19-27(18-25)38(4)31-15-14-29(36-37-31)28-13-12-23(17-30(28)44-22-42-5)24-20-35-39(21-24)32-11-6-7-16-43-32/h12-15,17,20-21,25-27,32H,6-11,16,18-19,22H2,1-5H3/t25-,26+,27-,32?. The molecule has 0 saturated carbocycles. The average Bonchev–Trinajstić information content (AvgIpc) is 3.53. The molecule has 1 unspecified atom stereocenters. The van der Waals surface area contributed by atoms with Crippen molar-refractivity contribution in [2.24, 2.45) is 0 Å². The van der Waals surface area contributed by atoms with E-state index in [1.165, 1.54) is 0 Å². The molecule has 3 aliphatic heterocycles. The van der Waals surface area contributed by atoms with Crippen molar-refractivity contribution in [2.45, 2.75) is 102 Å².